The molecule has 0 bridgehead atoms. The van der Waals surface area contributed by atoms with Crippen LogP contribution in [0.25, 0.3) is 11.0 Å². The molecule has 2 aromatic carbocycles. The van der Waals surface area contributed by atoms with E-state index >= 15 is 0 Å². The Bertz CT molecular complexity index is 1070. The fourth-order valence-electron chi connectivity index (χ4n) is 4.12. The van der Waals surface area contributed by atoms with Crippen LogP contribution in [-0.2, 0) is 13.1 Å². The van der Waals surface area contributed by atoms with E-state index in [1.807, 2.05) is 55.5 Å². The van der Waals surface area contributed by atoms with E-state index in [4.69, 9.17) is 4.42 Å². The van der Waals surface area contributed by atoms with Gasteiger partial charge in [-0.3, -0.25) is 4.79 Å². The van der Waals surface area contributed by atoms with Gasteiger partial charge in [-0.25, -0.2) is 4.79 Å². The van der Waals surface area contributed by atoms with Crippen molar-refractivity contribution in [3.8, 4) is 0 Å². The molecule has 0 atom stereocenters. The van der Waals surface area contributed by atoms with Crippen molar-refractivity contribution < 1.29 is 9.21 Å². The standard InChI is InChI=1S/C25H28N2O3/c1-18-12-13-23-22(14-18)24(28)20(17-30-23)16-27(15-19-8-4-2-5-9-19)25(29)26-21-10-6-3-7-11-21/h2,4-5,8-9,12-14,17,21H,3,6-7,10-11,15-16H2,1H3,(H,26,29). The molecule has 1 aromatic heterocycles. The summed E-state index contributed by atoms with van der Waals surface area (Å²) in [4.78, 5) is 27.9. The monoisotopic (exact) mass is 404 g/mol. The molecule has 5 heteroatoms. The predicted octanol–water partition coefficient (Wildman–Crippen LogP) is 5.15. The van der Waals surface area contributed by atoms with Crippen molar-refractivity contribution in [1.29, 1.82) is 0 Å². The van der Waals surface area contributed by atoms with Gasteiger partial charge >= 0.3 is 6.03 Å². The molecule has 0 unspecified atom stereocenters. The van der Waals surface area contributed by atoms with Gasteiger partial charge in [-0.2, -0.15) is 0 Å². The average Bonchev–Trinajstić information content (AvgIpc) is 2.77. The summed E-state index contributed by atoms with van der Waals surface area (Å²) in [6.07, 6.45) is 7.06. The molecule has 0 saturated heterocycles. The topological polar surface area (TPSA) is 62.6 Å². The number of aryl methyl sites for hydroxylation is 1. The second-order valence-electron chi connectivity index (χ2n) is 8.22. The summed E-state index contributed by atoms with van der Waals surface area (Å²) in [5.41, 5.74) is 3.00. The molecule has 1 fully saturated rings. The van der Waals surface area contributed by atoms with Gasteiger partial charge in [0.05, 0.1) is 23.8 Å². The Kier molecular flexibility index (Phi) is 6.17. The lowest BCUT2D eigenvalue weighted by Gasteiger charge is -2.28. The summed E-state index contributed by atoms with van der Waals surface area (Å²) in [5, 5.41) is 3.73. The zero-order valence-electron chi connectivity index (χ0n) is 17.4. The smallest absolute Gasteiger partial charge is 0.318 e. The van der Waals surface area contributed by atoms with E-state index in [-0.39, 0.29) is 24.0 Å². The molecule has 5 nitrogen and oxygen atoms in total. The summed E-state index contributed by atoms with van der Waals surface area (Å²) in [6, 6.07) is 15.5. The molecular formula is C25H28N2O3. The third-order valence-electron chi connectivity index (χ3n) is 5.80. The minimum Gasteiger partial charge on any atom is -0.464 e. The van der Waals surface area contributed by atoms with Crippen molar-refractivity contribution >= 4 is 17.0 Å². The molecule has 1 aliphatic carbocycles. The first-order valence-electron chi connectivity index (χ1n) is 10.7. The minimum atomic E-state index is -0.130. The van der Waals surface area contributed by atoms with Crippen LogP contribution in [0.4, 0.5) is 4.79 Å². The maximum atomic E-state index is 13.1. The van der Waals surface area contributed by atoms with Gasteiger partial charge in [-0.1, -0.05) is 61.2 Å². The van der Waals surface area contributed by atoms with Gasteiger partial charge in [-0.15, -0.1) is 0 Å². The first kappa shape index (κ1) is 20.2. The van der Waals surface area contributed by atoms with Gasteiger partial charge in [0.25, 0.3) is 0 Å². The van der Waals surface area contributed by atoms with Crippen LogP contribution in [0.15, 0.2) is 64.0 Å². The lowest BCUT2D eigenvalue weighted by molar-refractivity contribution is 0.184. The van der Waals surface area contributed by atoms with Crippen molar-refractivity contribution in [3.63, 3.8) is 0 Å². The van der Waals surface area contributed by atoms with Gasteiger partial charge in [0.15, 0.2) is 5.43 Å². The van der Waals surface area contributed by atoms with Gasteiger partial charge < -0.3 is 14.6 Å². The molecule has 1 saturated carbocycles. The number of nitrogens with zero attached hydrogens (tertiary/aromatic N) is 1. The SMILES string of the molecule is Cc1ccc2occ(CN(Cc3ccccc3)C(=O)NC3CCCCC3)c(=O)c2c1. The number of amides is 2. The summed E-state index contributed by atoms with van der Waals surface area (Å²) in [7, 11) is 0. The van der Waals surface area contributed by atoms with E-state index in [2.05, 4.69) is 5.32 Å². The number of hydrogen-bond donors (Lipinski definition) is 1. The third kappa shape index (κ3) is 4.73. The minimum absolute atomic E-state index is 0.0801. The third-order valence-corrected chi connectivity index (χ3v) is 5.80. The summed E-state index contributed by atoms with van der Waals surface area (Å²) >= 11 is 0. The van der Waals surface area contributed by atoms with Crippen molar-refractivity contribution in [2.24, 2.45) is 0 Å². The molecule has 156 valence electrons. The van der Waals surface area contributed by atoms with Crippen molar-refractivity contribution in [1.82, 2.24) is 10.2 Å². The van der Waals surface area contributed by atoms with Gasteiger partial charge in [-0.05, 0) is 37.5 Å². The Labute approximate surface area is 176 Å². The van der Waals surface area contributed by atoms with Crippen molar-refractivity contribution in [3.05, 3.63) is 81.7 Å². The Morgan fingerprint density at radius 1 is 1.07 bits per heavy atom. The van der Waals surface area contributed by atoms with E-state index in [1.165, 1.54) is 12.7 Å². The molecule has 3 aromatic rings. The lowest BCUT2D eigenvalue weighted by atomic mass is 9.96. The maximum absolute atomic E-state index is 13.1. The Morgan fingerprint density at radius 2 is 1.83 bits per heavy atom. The van der Waals surface area contributed by atoms with E-state index in [1.54, 1.807) is 4.90 Å². The molecule has 0 spiro atoms. The number of fused-ring (bicyclic) bond motifs is 1. The number of benzene rings is 2. The number of rotatable bonds is 5. The van der Waals surface area contributed by atoms with Crippen LogP contribution < -0.4 is 10.7 Å². The Hall–Kier alpha value is -3.08. The normalized spacial score (nSPS) is 14.6. The number of urea groups is 1. The maximum Gasteiger partial charge on any atom is 0.318 e. The van der Waals surface area contributed by atoms with Crippen LogP contribution in [0.5, 0.6) is 0 Å². The van der Waals surface area contributed by atoms with Crippen LogP contribution >= 0.6 is 0 Å². The van der Waals surface area contributed by atoms with E-state index < -0.39 is 0 Å². The fourth-order valence-corrected chi connectivity index (χ4v) is 4.12. The molecule has 1 N–H and O–H groups in total. The quantitative estimate of drug-likeness (QED) is 0.640. The second kappa shape index (κ2) is 9.16. The van der Waals surface area contributed by atoms with E-state index in [9.17, 15) is 9.59 Å². The molecule has 4 rings (SSSR count). The van der Waals surface area contributed by atoms with E-state index in [0.717, 1.165) is 36.8 Å². The second-order valence-corrected chi connectivity index (χ2v) is 8.22. The highest BCUT2D eigenvalue weighted by molar-refractivity contribution is 5.78. The number of hydrogen-bond acceptors (Lipinski definition) is 3. The summed E-state index contributed by atoms with van der Waals surface area (Å²) in [6.45, 7) is 2.59. The molecule has 1 aliphatic rings. The Morgan fingerprint density at radius 3 is 2.60 bits per heavy atom. The highest BCUT2D eigenvalue weighted by Gasteiger charge is 2.22. The Balaban J connectivity index is 1.60. The van der Waals surface area contributed by atoms with Gasteiger partial charge in [0.2, 0.25) is 0 Å². The van der Waals surface area contributed by atoms with Crippen LogP contribution in [0.3, 0.4) is 0 Å². The molecule has 2 amide bonds. The first-order chi connectivity index (χ1) is 14.6. The average molecular weight is 405 g/mol. The van der Waals surface area contributed by atoms with Gasteiger partial charge in [0, 0.05) is 12.6 Å². The highest BCUT2D eigenvalue weighted by atomic mass is 16.3. The first-order valence-corrected chi connectivity index (χ1v) is 10.7. The summed E-state index contributed by atoms with van der Waals surface area (Å²) in [5.74, 6) is 0. The molecule has 1 heterocycles. The van der Waals surface area contributed by atoms with Crippen LogP contribution in [0, 0.1) is 6.92 Å². The van der Waals surface area contributed by atoms with Crippen LogP contribution in [0.2, 0.25) is 0 Å². The van der Waals surface area contributed by atoms with Crippen LogP contribution in [-0.4, -0.2) is 17.0 Å². The van der Waals surface area contributed by atoms with Crippen molar-refractivity contribution in [2.75, 3.05) is 0 Å². The number of carbonyl (C=O) groups excluding carboxylic acids is 1. The zero-order valence-corrected chi connectivity index (χ0v) is 17.4. The van der Waals surface area contributed by atoms with Crippen molar-refractivity contribution in [2.45, 2.75) is 58.2 Å². The molecule has 0 aliphatic heterocycles. The fraction of sp³-hybridized carbons (Fsp3) is 0.360. The molecule has 0 radical (unpaired) electrons. The highest BCUT2D eigenvalue weighted by Crippen LogP contribution is 2.19. The van der Waals surface area contributed by atoms with Crippen LogP contribution in [0.1, 0.15) is 48.8 Å². The van der Waals surface area contributed by atoms with E-state index in [0.29, 0.717) is 23.1 Å². The van der Waals surface area contributed by atoms with Gasteiger partial charge in [0.1, 0.15) is 5.58 Å². The number of carbonyl (C=O) groups is 1. The largest absolute Gasteiger partial charge is 0.464 e. The zero-order chi connectivity index (χ0) is 20.9. The lowest BCUT2D eigenvalue weighted by Crippen LogP contribution is -2.45. The predicted molar refractivity (Wildman–Crippen MR) is 118 cm³/mol. The molecular weight excluding hydrogens is 376 g/mol. The molecule has 30 heavy (non-hydrogen) atoms. The summed E-state index contributed by atoms with van der Waals surface area (Å²) < 4.78 is 5.70. The number of nitrogens with one attached hydrogen (secondary N) is 1.